The lowest BCUT2D eigenvalue weighted by atomic mass is 10.0. The van der Waals surface area contributed by atoms with Gasteiger partial charge < -0.3 is 19.8 Å². The predicted molar refractivity (Wildman–Crippen MR) is 383 cm³/mol. The maximum absolute atomic E-state index is 13.1. The van der Waals surface area contributed by atoms with Crippen molar-refractivity contribution < 1.29 is 32.9 Å². The number of unbranched alkanes of at least 4 members (excludes halogenated alkanes) is 50. The molecule has 0 aliphatic heterocycles. The average Bonchev–Trinajstić information content (AvgIpc) is 3.71. The van der Waals surface area contributed by atoms with Crippen molar-refractivity contribution in [2.24, 2.45) is 0 Å². The number of phosphoric ester groups is 1. The topological polar surface area (TPSA) is 105 Å². The Hall–Kier alpha value is -1.80. The number of phosphoric acid groups is 1. The van der Waals surface area contributed by atoms with Gasteiger partial charge in [-0.1, -0.05) is 364 Å². The summed E-state index contributed by atoms with van der Waals surface area (Å²) >= 11 is 0. The third kappa shape index (κ3) is 71.5. The molecular formula is C78H150N2O6P+. The fraction of sp³-hybridized carbons (Fsp3) is 0.859. The molecule has 0 aliphatic rings. The minimum absolute atomic E-state index is 0.0563. The Kier molecular flexibility index (Phi) is 67.1. The van der Waals surface area contributed by atoms with Crippen LogP contribution in [0, 0.1) is 0 Å². The summed E-state index contributed by atoms with van der Waals surface area (Å²) in [5, 5.41) is 14.0. The van der Waals surface area contributed by atoms with Crippen LogP contribution in [0.2, 0.25) is 0 Å². The molecule has 3 N–H and O–H groups in total. The van der Waals surface area contributed by atoms with Crippen LogP contribution in [-0.4, -0.2) is 73.4 Å². The number of hydrogen-bond acceptors (Lipinski definition) is 5. The summed E-state index contributed by atoms with van der Waals surface area (Å²) in [5.41, 5.74) is 0. The molecular weight excluding hydrogens is 1090 g/mol. The van der Waals surface area contributed by atoms with Crippen molar-refractivity contribution in [1.29, 1.82) is 0 Å². The number of nitrogens with zero attached hydrogens (tertiary/aromatic N) is 1. The van der Waals surface area contributed by atoms with E-state index < -0.39 is 20.0 Å². The number of amides is 1. The van der Waals surface area contributed by atoms with E-state index in [2.05, 4.69) is 67.8 Å². The Morgan fingerprint density at radius 2 is 0.667 bits per heavy atom. The van der Waals surface area contributed by atoms with Crippen LogP contribution in [0.5, 0.6) is 0 Å². The number of carbonyl (C=O) groups is 1. The fourth-order valence-corrected chi connectivity index (χ4v) is 12.3. The molecule has 8 nitrogen and oxygen atoms in total. The first kappa shape index (κ1) is 85.2. The van der Waals surface area contributed by atoms with E-state index in [0.717, 1.165) is 51.4 Å². The monoisotopic (exact) mass is 1240 g/mol. The molecule has 0 aliphatic carbocycles. The smallest absolute Gasteiger partial charge is 0.387 e. The van der Waals surface area contributed by atoms with Crippen LogP contribution < -0.4 is 5.32 Å². The highest BCUT2D eigenvalue weighted by Gasteiger charge is 2.28. The maximum Gasteiger partial charge on any atom is 0.472 e. The van der Waals surface area contributed by atoms with Crippen LogP contribution in [-0.2, 0) is 18.4 Å². The van der Waals surface area contributed by atoms with Gasteiger partial charge in [0.15, 0.2) is 0 Å². The molecule has 0 radical (unpaired) electrons. The standard InChI is InChI=1S/C78H149N2O6P/c1-6-8-10-12-14-16-18-20-22-24-26-28-30-32-34-36-38-40-42-44-46-48-50-52-54-56-58-60-62-64-66-68-70-72-78(82)79-76(75-86-87(83,84)85-74-73-80(3,4)5)77(81)71-69-67-65-63-61-59-57-55-53-51-49-47-45-43-41-39-37-35-33-31-29-27-25-23-21-19-17-15-13-11-9-7-2/h18,20,24,26,30,32,61,63,69,71,76-77,81H,6-17,19,21-23,25,27-29,31,33-60,62,64-68,70,72-75H2,1-5H3,(H-,79,82,83,84)/p+1/b20-18-,26-24-,32-30-,63-61+,71-69+. The number of aliphatic hydroxyl groups excluding tert-OH is 1. The molecule has 0 spiro atoms. The summed E-state index contributed by atoms with van der Waals surface area (Å²) < 4.78 is 23.8. The Morgan fingerprint density at radius 1 is 0.391 bits per heavy atom. The molecule has 0 aromatic heterocycles. The summed E-state index contributed by atoms with van der Waals surface area (Å²) in [6.07, 6.45) is 95.5. The molecule has 512 valence electrons. The van der Waals surface area contributed by atoms with E-state index in [1.807, 2.05) is 27.2 Å². The Balaban J connectivity index is 4.04. The van der Waals surface area contributed by atoms with Gasteiger partial charge in [-0.25, -0.2) is 4.57 Å². The summed E-state index contributed by atoms with van der Waals surface area (Å²) in [5.74, 6) is -0.181. The van der Waals surface area contributed by atoms with E-state index in [-0.39, 0.29) is 19.1 Å². The van der Waals surface area contributed by atoms with Gasteiger partial charge in [-0.05, 0) is 70.6 Å². The van der Waals surface area contributed by atoms with Gasteiger partial charge in [0.2, 0.25) is 5.91 Å². The van der Waals surface area contributed by atoms with Crippen LogP contribution >= 0.6 is 7.82 Å². The lowest BCUT2D eigenvalue weighted by Crippen LogP contribution is -2.45. The van der Waals surface area contributed by atoms with Crippen molar-refractivity contribution in [3.8, 4) is 0 Å². The van der Waals surface area contributed by atoms with Crippen LogP contribution in [0.15, 0.2) is 60.8 Å². The summed E-state index contributed by atoms with van der Waals surface area (Å²) in [7, 11) is 1.57. The van der Waals surface area contributed by atoms with Crippen molar-refractivity contribution in [3.05, 3.63) is 60.8 Å². The molecule has 0 bridgehead atoms. The summed E-state index contributed by atoms with van der Waals surface area (Å²) in [6.45, 7) is 4.84. The molecule has 3 unspecified atom stereocenters. The first-order valence-corrected chi connectivity index (χ1v) is 39.7. The molecule has 0 saturated heterocycles. The van der Waals surface area contributed by atoms with Crippen molar-refractivity contribution in [1.82, 2.24) is 5.32 Å². The number of nitrogens with one attached hydrogen (secondary N) is 1. The Bertz CT molecular complexity index is 1600. The van der Waals surface area contributed by atoms with Gasteiger partial charge >= 0.3 is 7.82 Å². The van der Waals surface area contributed by atoms with Crippen LogP contribution in [0.25, 0.3) is 0 Å². The highest BCUT2D eigenvalue weighted by Crippen LogP contribution is 2.43. The van der Waals surface area contributed by atoms with Crippen LogP contribution in [0.1, 0.15) is 380 Å². The highest BCUT2D eigenvalue weighted by molar-refractivity contribution is 7.47. The van der Waals surface area contributed by atoms with Crippen molar-refractivity contribution in [2.45, 2.75) is 392 Å². The Morgan fingerprint density at radius 3 is 1.00 bits per heavy atom. The highest BCUT2D eigenvalue weighted by atomic mass is 31.2. The van der Waals surface area contributed by atoms with E-state index in [1.54, 1.807) is 6.08 Å². The average molecular weight is 1240 g/mol. The predicted octanol–water partition coefficient (Wildman–Crippen LogP) is 24.7. The molecule has 87 heavy (non-hydrogen) atoms. The first-order valence-electron chi connectivity index (χ1n) is 38.2. The minimum atomic E-state index is -4.37. The second-order valence-corrected chi connectivity index (χ2v) is 28.8. The van der Waals surface area contributed by atoms with Gasteiger partial charge in [0.25, 0.3) is 0 Å². The quantitative estimate of drug-likeness (QED) is 0.0243. The molecule has 0 aromatic rings. The molecule has 0 fully saturated rings. The van der Waals surface area contributed by atoms with E-state index >= 15 is 0 Å². The van der Waals surface area contributed by atoms with Gasteiger partial charge in [-0.15, -0.1) is 0 Å². The van der Waals surface area contributed by atoms with Crippen LogP contribution in [0.4, 0.5) is 0 Å². The van der Waals surface area contributed by atoms with Gasteiger partial charge in [-0.3, -0.25) is 13.8 Å². The SMILES string of the molecule is CCCCCCC/C=C\C/C=C\C/C=C\CCCCCCCCCCCCCCCCCCCCC(=O)NC(COP(=O)(O)OCC[N+](C)(C)C)C(O)/C=C/CC/C=C/CCCCCCCCCCCCCCCCCCCCCCCCCCCC. The lowest BCUT2D eigenvalue weighted by molar-refractivity contribution is -0.870. The summed E-state index contributed by atoms with van der Waals surface area (Å²) in [6, 6.07) is -0.867. The molecule has 1 amide bonds. The zero-order valence-electron chi connectivity index (χ0n) is 58.8. The third-order valence-electron chi connectivity index (χ3n) is 17.5. The van der Waals surface area contributed by atoms with E-state index in [9.17, 15) is 19.4 Å². The molecule has 0 aromatic carbocycles. The van der Waals surface area contributed by atoms with Crippen molar-refractivity contribution in [2.75, 3.05) is 40.9 Å². The number of hydrogen-bond donors (Lipinski definition) is 3. The number of quaternary nitrogens is 1. The normalized spacial score (nSPS) is 13.9. The maximum atomic E-state index is 13.1. The van der Waals surface area contributed by atoms with Gasteiger partial charge in [-0.2, -0.15) is 0 Å². The molecule has 0 rings (SSSR count). The van der Waals surface area contributed by atoms with Gasteiger partial charge in [0, 0.05) is 6.42 Å². The van der Waals surface area contributed by atoms with Crippen molar-refractivity contribution >= 4 is 13.7 Å². The van der Waals surface area contributed by atoms with Gasteiger partial charge in [0.1, 0.15) is 13.2 Å². The van der Waals surface area contributed by atoms with E-state index in [1.165, 1.54) is 308 Å². The van der Waals surface area contributed by atoms with E-state index in [4.69, 9.17) is 9.05 Å². The number of carbonyl (C=O) groups excluding carboxylic acids is 1. The molecule has 0 saturated carbocycles. The first-order chi connectivity index (χ1) is 42.5. The molecule has 0 heterocycles. The lowest BCUT2D eigenvalue weighted by Gasteiger charge is -2.25. The second kappa shape index (κ2) is 68.6. The van der Waals surface area contributed by atoms with Crippen LogP contribution in [0.3, 0.4) is 0 Å². The number of rotatable bonds is 71. The number of allylic oxidation sites excluding steroid dienone is 9. The number of likely N-dealkylation sites (N-methyl/N-ethyl adjacent to an activating group) is 1. The largest absolute Gasteiger partial charge is 0.472 e. The minimum Gasteiger partial charge on any atom is -0.387 e. The summed E-state index contributed by atoms with van der Waals surface area (Å²) in [4.78, 5) is 23.5. The third-order valence-corrected chi connectivity index (χ3v) is 18.4. The van der Waals surface area contributed by atoms with Crippen molar-refractivity contribution in [3.63, 3.8) is 0 Å². The van der Waals surface area contributed by atoms with Gasteiger partial charge in [0.05, 0.1) is 39.9 Å². The van der Waals surface area contributed by atoms with E-state index in [0.29, 0.717) is 17.4 Å². The second-order valence-electron chi connectivity index (χ2n) is 27.4. The fourth-order valence-electron chi connectivity index (χ4n) is 11.5. The molecule has 3 atom stereocenters. The zero-order chi connectivity index (χ0) is 63.4. The molecule has 9 heteroatoms. The number of aliphatic hydroxyl groups is 1. The Labute approximate surface area is 542 Å². The zero-order valence-corrected chi connectivity index (χ0v) is 59.7.